The lowest BCUT2D eigenvalue weighted by Gasteiger charge is -2.39. The van der Waals surface area contributed by atoms with Crippen molar-refractivity contribution in [2.24, 2.45) is 0 Å². The van der Waals surface area contributed by atoms with Crippen molar-refractivity contribution in [3.8, 4) is 28.7 Å². The van der Waals surface area contributed by atoms with Gasteiger partial charge in [0.2, 0.25) is 12.0 Å². The average molecular weight is 506 g/mol. The van der Waals surface area contributed by atoms with Gasteiger partial charge in [-0.25, -0.2) is 0 Å². The van der Waals surface area contributed by atoms with Gasteiger partial charge in [0.05, 0.1) is 12.7 Å². The Morgan fingerprint density at radius 3 is 2.31 bits per heavy atom. The summed E-state index contributed by atoms with van der Waals surface area (Å²) < 4.78 is 20.4. The number of carbonyl (C=O) groups excluding carboxylic acids is 2. The fourth-order valence-corrected chi connectivity index (χ4v) is 3.40. The van der Waals surface area contributed by atoms with E-state index in [1.807, 2.05) is 0 Å². The molecule has 0 bridgehead atoms. The molecule has 1 heterocycles. The van der Waals surface area contributed by atoms with Gasteiger partial charge in [0.1, 0.15) is 31.0 Å². The van der Waals surface area contributed by atoms with Gasteiger partial charge in [-0.15, -0.1) is 0 Å². The van der Waals surface area contributed by atoms with E-state index in [0.29, 0.717) is 5.56 Å². The maximum Gasteiger partial charge on any atom is 0.302 e. The zero-order valence-electron chi connectivity index (χ0n) is 19.3. The molecule has 5 atom stereocenters. The number of esters is 1. The van der Waals surface area contributed by atoms with Crippen molar-refractivity contribution in [1.29, 1.82) is 0 Å². The summed E-state index contributed by atoms with van der Waals surface area (Å²) in [4.78, 5) is 23.6. The number of benzene rings is 2. The molecule has 0 amide bonds. The normalized spacial score (nSPS) is 23.9. The molecule has 3 rings (SSSR count). The molecule has 0 saturated carbocycles. The monoisotopic (exact) mass is 506 g/mol. The SMILES string of the molecule is COc1ccc(/C=C/C(=O)c2ccc(O[C@@H]3O[C@@H](COC(C)=O)[C@H](O)[C@H](O)[C@@H]3O)c(O)c2O)cc1O. The molecule has 36 heavy (non-hydrogen) atoms. The zero-order valence-corrected chi connectivity index (χ0v) is 19.3. The first kappa shape index (κ1) is 26.8. The highest BCUT2D eigenvalue weighted by Gasteiger charge is 2.45. The third-order valence-corrected chi connectivity index (χ3v) is 5.37. The van der Waals surface area contributed by atoms with Crippen molar-refractivity contribution < 1.29 is 59.2 Å². The van der Waals surface area contributed by atoms with Gasteiger partial charge in [0.15, 0.2) is 28.8 Å². The molecule has 2 aromatic carbocycles. The van der Waals surface area contributed by atoms with E-state index in [9.17, 15) is 40.2 Å². The van der Waals surface area contributed by atoms with Crippen LogP contribution < -0.4 is 9.47 Å². The first-order valence-corrected chi connectivity index (χ1v) is 10.7. The van der Waals surface area contributed by atoms with Crippen LogP contribution in [0.25, 0.3) is 6.08 Å². The summed E-state index contributed by atoms with van der Waals surface area (Å²) in [5.41, 5.74) is 0.194. The molecule has 1 saturated heterocycles. The number of hydrogen-bond acceptors (Lipinski definition) is 12. The van der Waals surface area contributed by atoms with E-state index in [1.54, 1.807) is 6.07 Å². The smallest absolute Gasteiger partial charge is 0.302 e. The summed E-state index contributed by atoms with van der Waals surface area (Å²) >= 11 is 0. The van der Waals surface area contributed by atoms with Crippen molar-refractivity contribution in [3.05, 3.63) is 47.5 Å². The van der Waals surface area contributed by atoms with Gasteiger partial charge in [-0.05, 0) is 35.9 Å². The van der Waals surface area contributed by atoms with Crippen LogP contribution in [0.4, 0.5) is 0 Å². The number of carbonyl (C=O) groups is 2. The third kappa shape index (κ3) is 5.86. The van der Waals surface area contributed by atoms with Gasteiger partial charge in [0.25, 0.3) is 0 Å². The van der Waals surface area contributed by atoms with Gasteiger partial charge in [-0.1, -0.05) is 12.1 Å². The lowest BCUT2D eigenvalue weighted by atomic mass is 9.99. The highest BCUT2D eigenvalue weighted by molar-refractivity contribution is 6.09. The van der Waals surface area contributed by atoms with Crippen molar-refractivity contribution >= 4 is 17.8 Å². The van der Waals surface area contributed by atoms with Crippen LogP contribution in [-0.4, -0.2) is 86.8 Å². The molecule has 1 aliphatic rings. The third-order valence-electron chi connectivity index (χ3n) is 5.37. The Balaban J connectivity index is 1.75. The molecule has 194 valence electrons. The molecule has 0 unspecified atom stereocenters. The summed E-state index contributed by atoms with van der Waals surface area (Å²) in [7, 11) is 1.39. The Morgan fingerprint density at radius 2 is 1.67 bits per heavy atom. The van der Waals surface area contributed by atoms with Gasteiger partial charge in [-0.2, -0.15) is 0 Å². The maximum absolute atomic E-state index is 12.5. The predicted octanol–water partition coefficient (Wildman–Crippen LogP) is 0.458. The number of phenols is 3. The number of hydrogen-bond donors (Lipinski definition) is 6. The zero-order chi connectivity index (χ0) is 26.6. The number of phenolic OH excluding ortho intramolecular Hbond substituents is 3. The molecule has 2 aromatic rings. The second-order valence-electron chi connectivity index (χ2n) is 7.87. The minimum atomic E-state index is -1.76. The van der Waals surface area contributed by atoms with E-state index in [2.05, 4.69) is 0 Å². The summed E-state index contributed by atoms with van der Waals surface area (Å²) in [6.07, 6.45) is -5.48. The summed E-state index contributed by atoms with van der Waals surface area (Å²) in [5, 5.41) is 60.9. The Bertz CT molecular complexity index is 1140. The van der Waals surface area contributed by atoms with Crippen LogP contribution in [0, 0.1) is 0 Å². The van der Waals surface area contributed by atoms with Gasteiger partial charge in [-0.3, -0.25) is 9.59 Å². The standard InChI is InChI=1S/C24H26O12/c1-11(25)34-10-18-21(30)22(31)23(32)24(36-18)35-17-8-5-13(19(28)20(17)29)14(26)6-3-12-4-7-16(33-2)15(27)9-12/h3-9,18,21-24,27-32H,10H2,1-2H3/b6-3+/t18-,21-,22-,23-,24+/m0/s1. The minimum absolute atomic E-state index is 0.131. The number of methoxy groups -OCH3 is 1. The average Bonchev–Trinajstić information content (AvgIpc) is 2.84. The van der Waals surface area contributed by atoms with Crippen molar-refractivity contribution in [3.63, 3.8) is 0 Å². The fraction of sp³-hybridized carbons (Fsp3) is 0.333. The molecule has 1 aliphatic heterocycles. The van der Waals surface area contributed by atoms with Gasteiger partial charge < -0.3 is 49.6 Å². The van der Waals surface area contributed by atoms with Crippen LogP contribution in [0.15, 0.2) is 36.4 Å². The first-order chi connectivity index (χ1) is 17.0. The molecule has 12 heteroatoms. The number of allylic oxidation sites excluding steroid dienone is 1. The molecule has 0 radical (unpaired) electrons. The van der Waals surface area contributed by atoms with Gasteiger partial charge >= 0.3 is 5.97 Å². The molecule has 0 spiro atoms. The van der Waals surface area contributed by atoms with E-state index in [1.165, 1.54) is 25.3 Å². The highest BCUT2D eigenvalue weighted by atomic mass is 16.7. The molecule has 0 aromatic heterocycles. The topological polar surface area (TPSA) is 192 Å². The predicted molar refractivity (Wildman–Crippen MR) is 122 cm³/mol. The van der Waals surface area contributed by atoms with Crippen LogP contribution in [0.3, 0.4) is 0 Å². The Morgan fingerprint density at radius 1 is 0.972 bits per heavy atom. The van der Waals surface area contributed by atoms with Crippen LogP contribution in [0.2, 0.25) is 0 Å². The molecular weight excluding hydrogens is 480 g/mol. The lowest BCUT2D eigenvalue weighted by Crippen LogP contribution is -2.60. The number of ether oxygens (including phenoxy) is 4. The van der Waals surface area contributed by atoms with Crippen LogP contribution >= 0.6 is 0 Å². The van der Waals surface area contributed by atoms with E-state index >= 15 is 0 Å². The number of aromatic hydroxyl groups is 3. The fourth-order valence-electron chi connectivity index (χ4n) is 3.40. The van der Waals surface area contributed by atoms with E-state index < -0.39 is 66.3 Å². The summed E-state index contributed by atoms with van der Waals surface area (Å²) in [6.45, 7) is 0.692. The summed E-state index contributed by atoms with van der Waals surface area (Å²) in [5.74, 6) is -3.28. The van der Waals surface area contributed by atoms with Crippen molar-refractivity contribution in [2.45, 2.75) is 37.6 Å². The molecule has 0 aliphatic carbocycles. The van der Waals surface area contributed by atoms with Crippen LogP contribution in [-0.2, 0) is 14.3 Å². The number of ketones is 1. The first-order valence-electron chi connectivity index (χ1n) is 10.7. The quantitative estimate of drug-likeness (QED) is 0.126. The maximum atomic E-state index is 12.5. The molecule has 1 fully saturated rings. The van der Waals surface area contributed by atoms with Crippen molar-refractivity contribution in [1.82, 2.24) is 0 Å². The lowest BCUT2D eigenvalue weighted by molar-refractivity contribution is -0.278. The van der Waals surface area contributed by atoms with E-state index in [-0.39, 0.29) is 17.1 Å². The minimum Gasteiger partial charge on any atom is -0.504 e. The van der Waals surface area contributed by atoms with Crippen LogP contribution in [0.5, 0.6) is 28.7 Å². The highest BCUT2D eigenvalue weighted by Crippen LogP contribution is 2.40. The second-order valence-corrected chi connectivity index (χ2v) is 7.87. The van der Waals surface area contributed by atoms with E-state index in [0.717, 1.165) is 25.1 Å². The Kier molecular flexibility index (Phi) is 8.37. The number of aliphatic hydroxyl groups is 3. The van der Waals surface area contributed by atoms with Crippen molar-refractivity contribution in [2.75, 3.05) is 13.7 Å². The van der Waals surface area contributed by atoms with E-state index in [4.69, 9.17) is 18.9 Å². The molecule has 6 N–H and O–H groups in total. The van der Waals surface area contributed by atoms with Gasteiger partial charge in [0, 0.05) is 6.92 Å². The number of aliphatic hydroxyl groups excluding tert-OH is 3. The largest absolute Gasteiger partial charge is 0.504 e. The summed E-state index contributed by atoms with van der Waals surface area (Å²) in [6, 6.07) is 6.74. The Hall–Kier alpha value is -3.84. The second kappa shape index (κ2) is 11.3. The van der Waals surface area contributed by atoms with Crippen LogP contribution in [0.1, 0.15) is 22.8 Å². The molecule has 12 nitrogen and oxygen atoms in total. The Labute approximate surface area is 205 Å². The number of rotatable bonds is 8. The molecular formula is C24H26O12.